The van der Waals surface area contributed by atoms with Crippen LogP contribution in [-0.4, -0.2) is 10.8 Å². The fourth-order valence-electron chi connectivity index (χ4n) is 1.72. The Labute approximate surface area is 95.4 Å². The largest absolute Gasteiger partial charge is 0.842 e. The Balaban J connectivity index is 2.85. The third-order valence-corrected chi connectivity index (χ3v) is 2.54. The molecule has 0 fully saturated rings. The van der Waals surface area contributed by atoms with E-state index in [4.69, 9.17) is 0 Å². The Morgan fingerprint density at radius 3 is 2.82 bits per heavy atom. The SMILES string of the molecule is Cc1c([O-])[n+](CC(F)F)c2ccccn2c1=O. The van der Waals surface area contributed by atoms with E-state index in [1.807, 2.05) is 0 Å². The minimum absolute atomic E-state index is 0.0608. The van der Waals surface area contributed by atoms with Gasteiger partial charge in [-0.1, -0.05) is 6.07 Å². The van der Waals surface area contributed by atoms with E-state index < -0.39 is 24.4 Å². The van der Waals surface area contributed by atoms with Gasteiger partial charge in [-0.25, -0.2) is 18.1 Å². The van der Waals surface area contributed by atoms with Crippen molar-refractivity contribution < 1.29 is 18.5 Å². The van der Waals surface area contributed by atoms with Crippen LogP contribution < -0.4 is 15.2 Å². The van der Waals surface area contributed by atoms with E-state index in [2.05, 4.69) is 0 Å². The molecule has 2 aromatic rings. The minimum Gasteiger partial charge on any atom is -0.842 e. The van der Waals surface area contributed by atoms with Crippen LogP contribution in [0.1, 0.15) is 5.56 Å². The molecule has 2 aromatic heterocycles. The smallest absolute Gasteiger partial charge is 0.344 e. The van der Waals surface area contributed by atoms with Crippen molar-refractivity contribution in [3.8, 4) is 5.88 Å². The van der Waals surface area contributed by atoms with Crippen molar-refractivity contribution in [1.29, 1.82) is 0 Å². The number of rotatable bonds is 2. The Hall–Kier alpha value is -1.98. The topological polar surface area (TPSA) is 48.4 Å². The van der Waals surface area contributed by atoms with Crippen LogP contribution in [0.15, 0.2) is 29.2 Å². The summed E-state index contributed by atoms with van der Waals surface area (Å²) in [4.78, 5) is 11.7. The van der Waals surface area contributed by atoms with E-state index in [1.165, 1.54) is 23.6 Å². The van der Waals surface area contributed by atoms with E-state index in [9.17, 15) is 18.7 Å². The summed E-state index contributed by atoms with van der Waals surface area (Å²) >= 11 is 0. The third kappa shape index (κ3) is 1.86. The molecule has 0 saturated carbocycles. The van der Waals surface area contributed by atoms with Crippen molar-refractivity contribution in [3.05, 3.63) is 40.3 Å². The zero-order chi connectivity index (χ0) is 12.6. The van der Waals surface area contributed by atoms with E-state index in [0.29, 0.717) is 0 Å². The molecule has 0 N–H and O–H groups in total. The summed E-state index contributed by atoms with van der Waals surface area (Å²) < 4.78 is 26.9. The molecule has 0 saturated heterocycles. The zero-order valence-corrected chi connectivity index (χ0v) is 9.06. The van der Waals surface area contributed by atoms with Crippen LogP contribution in [0.4, 0.5) is 8.78 Å². The van der Waals surface area contributed by atoms with Crippen LogP contribution in [-0.2, 0) is 6.54 Å². The number of alkyl halides is 2. The van der Waals surface area contributed by atoms with Crippen LogP contribution in [0.5, 0.6) is 5.88 Å². The van der Waals surface area contributed by atoms with Gasteiger partial charge in [0.2, 0.25) is 0 Å². The van der Waals surface area contributed by atoms with Gasteiger partial charge in [0.25, 0.3) is 12.1 Å². The fourth-order valence-corrected chi connectivity index (χ4v) is 1.72. The van der Waals surface area contributed by atoms with Crippen molar-refractivity contribution >= 4 is 5.65 Å². The first-order valence-corrected chi connectivity index (χ1v) is 5.01. The average molecular weight is 240 g/mol. The maximum Gasteiger partial charge on any atom is 0.344 e. The quantitative estimate of drug-likeness (QED) is 0.706. The average Bonchev–Trinajstić information content (AvgIpc) is 2.31. The Morgan fingerprint density at radius 1 is 1.47 bits per heavy atom. The molecule has 17 heavy (non-hydrogen) atoms. The Kier molecular flexibility index (Phi) is 2.79. The molecular formula is C11H10F2N2O2. The molecule has 2 heterocycles. The van der Waals surface area contributed by atoms with Crippen LogP contribution in [0.2, 0.25) is 0 Å². The van der Waals surface area contributed by atoms with Crippen molar-refractivity contribution in [2.75, 3.05) is 0 Å². The second-order valence-electron chi connectivity index (χ2n) is 3.67. The Bertz CT molecular complexity index is 623. The molecule has 0 radical (unpaired) electrons. The van der Waals surface area contributed by atoms with Gasteiger partial charge < -0.3 is 5.11 Å². The summed E-state index contributed by atoms with van der Waals surface area (Å²) in [5, 5.41) is 11.8. The first-order chi connectivity index (χ1) is 8.02. The first-order valence-electron chi connectivity index (χ1n) is 5.01. The molecule has 0 unspecified atom stereocenters. The van der Waals surface area contributed by atoms with Crippen LogP contribution in [0.3, 0.4) is 0 Å². The van der Waals surface area contributed by atoms with Gasteiger partial charge >= 0.3 is 5.56 Å². The lowest BCUT2D eigenvalue weighted by molar-refractivity contribution is -0.724. The lowest BCUT2D eigenvalue weighted by Crippen LogP contribution is -2.46. The summed E-state index contributed by atoms with van der Waals surface area (Å²) in [5.41, 5.74) is -0.362. The van der Waals surface area contributed by atoms with Gasteiger partial charge in [0.1, 0.15) is 0 Å². The molecule has 0 aliphatic heterocycles. The number of halogens is 2. The lowest BCUT2D eigenvalue weighted by atomic mass is 10.3. The molecule has 6 heteroatoms. The van der Waals surface area contributed by atoms with Gasteiger partial charge in [-0.2, -0.15) is 4.40 Å². The molecule has 2 rings (SSSR count). The van der Waals surface area contributed by atoms with E-state index >= 15 is 0 Å². The molecule has 0 atom stereocenters. The van der Waals surface area contributed by atoms with Crippen LogP contribution in [0.25, 0.3) is 5.65 Å². The summed E-state index contributed by atoms with van der Waals surface area (Å²) in [5.74, 6) is -0.665. The Morgan fingerprint density at radius 2 is 2.18 bits per heavy atom. The number of aromatic nitrogens is 2. The van der Waals surface area contributed by atoms with Gasteiger partial charge in [0.05, 0.1) is 17.6 Å². The molecule has 0 amide bonds. The van der Waals surface area contributed by atoms with Crippen LogP contribution >= 0.6 is 0 Å². The summed E-state index contributed by atoms with van der Waals surface area (Å²) in [6, 6.07) is 4.65. The summed E-state index contributed by atoms with van der Waals surface area (Å²) in [7, 11) is 0. The van der Waals surface area contributed by atoms with Crippen molar-refractivity contribution in [3.63, 3.8) is 0 Å². The summed E-state index contributed by atoms with van der Waals surface area (Å²) in [6.07, 6.45) is -1.19. The molecule has 0 aromatic carbocycles. The highest BCUT2D eigenvalue weighted by Crippen LogP contribution is 2.06. The minimum atomic E-state index is -2.64. The maximum absolute atomic E-state index is 12.4. The molecule has 0 aliphatic rings. The predicted molar refractivity (Wildman–Crippen MR) is 54.0 cm³/mol. The van der Waals surface area contributed by atoms with E-state index in [-0.39, 0.29) is 11.2 Å². The standard InChI is InChI=1S/C11H10F2N2O2/c1-7-10(16)14-5-3-2-4-9(14)15(11(7)17)6-8(12)13/h2-5,8H,6H2,1H3. The van der Waals surface area contributed by atoms with Gasteiger partial charge in [0, 0.05) is 6.07 Å². The molecule has 0 bridgehead atoms. The monoisotopic (exact) mass is 240 g/mol. The highest BCUT2D eigenvalue weighted by Gasteiger charge is 2.18. The number of nitrogens with zero attached hydrogens (tertiary/aromatic N) is 2. The van der Waals surface area contributed by atoms with Crippen molar-refractivity contribution in [2.45, 2.75) is 19.9 Å². The molecular weight excluding hydrogens is 230 g/mol. The number of pyridine rings is 1. The second-order valence-corrected chi connectivity index (χ2v) is 3.67. The number of hydrogen-bond acceptors (Lipinski definition) is 2. The third-order valence-electron chi connectivity index (χ3n) is 2.54. The second kappa shape index (κ2) is 4.12. The first kappa shape index (κ1) is 11.5. The summed E-state index contributed by atoms with van der Waals surface area (Å²) in [6.45, 7) is 0.625. The van der Waals surface area contributed by atoms with E-state index in [0.717, 1.165) is 4.57 Å². The predicted octanol–water partition coefficient (Wildman–Crippen LogP) is 0.234. The molecule has 0 spiro atoms. The highest BCUT2D eigenvalue weighted by molar-refractivity contribution is 5.34. The lowest BCUT2D eigenvalue weighted by Gasteiger charge is -2.14. The molecule has 0 aliphatic carbocycles. The molecule has 90 valence electrons. The van der Waals surface area contributed by atoms with Crippen molar-refractivity contribution in [1.82, 2.24) is 4.40 Å². The van der Waals surface area contributed by atoms with Crippen molar-refractivity contribution in [2.24, 2.45) is 0 Å². The van der Waals surface area contributed by atoms with Gasteiger partial charge in [-0.05, 0) is 13.0 Å². The van der Waals surface area contributed by atoms with E-state index in [1.54, 1.807) is 12.1 Å². The number of fused-ring (bicyclic) bond motifs is 1. The molecule has 4 nitrogen and oxygen atoms in total. The van der Waals surface area contributed by atoms with Gasteiger partial charge in [-0.15, -0.1) is 0 Å². The normalized spacial score (nSPS) is 11.3. The fraction of sp³-hybridized carbons (Fsp3) is 0.273. The van der Waals surface area contributed by atoms with Gasteiger partial charge in [0.15, 0.2) is 6.54 Å². The van der Waals surface area contributed by atoms with Gasteiger partial charge in [-0.3, -0.25) is 0 Å². The van der Waals surface area contributed by atoms with Crippen LogP contribution in [0, 0.1) is 6.92 Å². The maximum atomic E-state index is 12.4. The highest BCUT2D eigenvalue weighted by atomic mass is 19.3. The number of hydrogen-bond donors (Lipinski definition) is 0. The zero-order valence-electron chi connectivity index (χ0n) is 9.06.